The van der Waals surface area contributed by atoms with Gasteiger partial charge in [-0.3, -0.25) is 9.59 Å². The van der Waals surface area contributed by atoms with Gasteiger partial charge in [0, 0.05) is 42.3 Å². The van der Waals surface area contributed by atoms with Crippen LogP contribution in [0.15, 0.2) is 30.5 Å². The maximum absolute atomic E-state index is 15.6. The molecule has 1 aromatic heterocycles. The standard InChI is InChI=1S/C28H27FN4O4/c1-4-6-24(34)32-19-7-5-10-33(16-19)27-23(29)14-22(28(30)35)26-25(27)18(15-31-26)9-8-17-11-20(36-2)13-21(12-17)37-3/h11-15,19,31H,5,7,10,16H2,1-3H3,(H2,30,35)(H,32,34)/t19-/m1/s1. The number of nitrogens with one attached hydrogen (secondary N) is 2. The summed E-state index contributed by atoms with van der Waals surface area (Å²) in [5.74, 6) is 10.7. The number of anilines is 1. The minimum absolute atomic E-state index is 0.0347. The van der Waals surface area contributed by atoms with E-state index in [4.69, 9.17) is 15.2 Å². The van der Waals surface area contributed by atoms with Crippen molar-refractivity contribution >= 4 is 28.4 Å². The number of H-pyrrole nitrogens is 1. The molecule has 37 heavy (non-hydrogen) atoms. The second-order valence-corrected chi connectivity index (χ2v) is 8.56. The molecule has 190 valence electrons. The minimum Gasteiger partial charge on any atom is -0.497 e. The number of piperidine rings is 1. The summed E-state index contributed by atoms with van der Waals surface area (Å²) in [5, 5.41) is 3.34. The van der Waals surface area contributed by atoms with Crippen LogP contribution in [0.5, 0.6) is 11.5 Å². The number of hydrogen-bond acceptors (Lipinski definition) is 5. The van der Waals surface area contributed by atoms with Gasteiger partial charge in [0.05, 0.1) is 36.6 Å². The van der Waals surface area contributed by atoms with Crippen molar-refractivity contribution in [3.63, 3.8) is 0 Å². The topological polar surface area (TPSA) is 110 Å². The van der Waals surface area contributed by atoms with Crippen molar-refractivity contribution in [3.8, 4) is 35.2 Å². The Hall–Kier alpha value is -4.63. The number of aromatic amines is 1. The lowest BCUT2D eigenvalue weighted by atomic mass is 10.0. The zero-order valence-electron chi connectivity index (χ0n) is 20.8. The summed E-state index contributed by atoms with van der Waals surface area (Å²) in [6.45, 7) is 2.54. The Balaban J connectivity index is 1.80. The second kappa shape index (κ2) is 11.0. The number of benzene rings is 2. The van der Waals surface area contributed by atoms with Gasteiger partial charge in [-0.25, -0.2) is 4.39 Å². The first-order chi connectivity index (χ1) is 17.8. The van der Waals surface area contributed by atoms with Gasteiger partial charge in [-0.1, -0.05) is 17.8 Å². The number of nitrogens with two attached hydrogens (primary N) is 1. The van der Waals surface area contributed by atoms with Crippen molar-refractivity contribution in [2.45, 2.75) is 25.8 Å². The van der Waals surface area contributed by atoms with Gasteiger partial charge in [-0.05, 0) is 43.9 Å². The normalized spacial score (nSPS) is 14.7. The van der Waals surface area contributed by atoms with E-state index in [9.17, 15) is 9.59 Å². The van der Waals surface area contributed by atoms with Crippen LogP contribution in [0, 0.1) is 29.5 Å². The van der Waals surface area contributed by atoms with Gasteiger partial charge in [0.25, 0.3) is 11.8 Å². The fraction of sp³-hybridized carbons (Fsp3) is 0.286. The average Bonchev–Trinajstić information content (AvgIpc) is 3.30. The van der Waals surface area contributed by atoms with Crippen LogP contribution in [0.3, 0.4) is 0 Å². The van der Waals surface area contributed by atoms with Crippen molar-refractivity contribution in [2.75, 3.05) is 32.2 Å². The van der Waals surface area contributed by atoms with E-state index in [2.05, 4.69) is 34.0 Å². The number of rotatable bonds is 5. The number of aromatic nitrogens is 1. The highest BCUT2D eigenvalue weighted by atomic mass is 19.1. The molecule has 1 aliphatic rings. The predicted molar refractivity (Wildman–Crippen MR) is 139 cm³/mol. The van der Waals surface area contributed by atoms with Crippen molar-refractivity contribution < 1.29 is 23.5 Å². The van der Waals surface area contributed by atoms with Crippen molar-refractivity contribution in [2.24, 2.45) is 5.73 Å². The number of methoxy groups -OCH3 is 2. The Morgan fingerprint density at radius 1 is 1.16 bits per heavy atom. The van der Waals surface area contributed by atoms with Gasteiger partial charge < -0.3 is 30.4 Å². The van der Waals surface area contributed by atoms with Gasteiger partial charge >= 0.3 is 0 Å². The molecule has 0 unspecified atom stereocenters. The molecule has 4 N–H and O–H groups in total. The Morgan fingerprint density at radius 3 is 2.54 bits per heavy atom. The number of halogens is 1. The summed E-state index contributed by atoms with van der Waals surface area (Å²) < 4.78 is 26.2. The lowest BCUT2D eigenvalue weighted by Gasteiger charge is -2.35. The molecular weight excluding hydrogens is 475 g/mol. The fourth-order valence-electron chi connectivity index (χ4n) is 4.52. The molecule has 0 spiro atoms. The Labute approximate surface area is 214 Å². The van der Waals surface area contributed by atoms with Crippen LogP contribution in [0.25, 0.3) is 10.9 Å². The molecule has 2 aromatic carbocycles. The molecule has 0 bridgehead atoms. The van der Waals surface area contributed by atoms with Crippen LogP contribution in [0.2, 0.25) is 0 Å². The van der Waals surface area contributed by atoms with Crippen LogP contribution in [-0.4, -0.2) is 50.1 Å². The van der Waals surface area contributed by atoms with E-state index in [0.717, 1.165) is 18.9 Å². The largest absolute Gasteiger partial charge is 0.497 e. The maximum atomic E-state index is 15.6. The summed E-state index contributed by atoms with van der Waals surface area (Å²) in [6.07, 6.45) is 3.11. The SMILES string of the molecule is CC#CC(=O)N[C@@H]1CCCN(c2c(F)cc(C(N)=O)c3[nH]cc(C#Cc4cc(OC)cc(OC)c4)c23)C1. The Morgan fingerprint density at radius 2 is 1.89 bits per heavy atom. The summed E-state index contributed by atoms with van der Waals surface area (Å²) in [5.41, 5.74) is 7.43. The zero-order chi connectivity index (χ0) is 26.5. The van der Waals surface area contributed by atoms with E-state index in [1.54, 1.807) is 45.5 Å². The highest BCUT2D eigenvalue weighted by Crippen LogP contribution is 2.36. The highest BCUT2D eigenvalue weighted by molar-refractivity contribution is 6.10. The summed E-state index contributed by atoms with van der Waals surface area (Å²) in [6, 6.07) is 6.20. The number of carbonyl (C=O) groups excluding carboxylic acids is 2. The molecule has 1 fully saturated rings. The highest BCUT2D eigenvalue weighted by Gasteiger charge is 2.27. The molecule has 0 radical (unpaired) electrons. The lowest BCUT2D eigenvalue weighted by Crippen LogP contribution is -2.47. The van der Waals surface area contributed by atoms with Crippen molar-refractivity contribution in [3.05, 3.63) is 53.0 Å². The molecular formula is C28H27FN4O4. The van der Waals surface area contributed by atoms with E-state index < -0.39 is 11.7 Å². The number of nitrogens with zero attached hydrogens (tertiary/aromatic N) is 1. The number of carbonyl (C=O) groups is 2. The van der Waals surface area contributed by atoms with Gasteiger partial charge in [-0.2, -0.15) is 0 Å². The van der Waals surface area contributed by atoms with E-state index >= 15 is 4.39 Å². The lowest BCUT2D eigenvalue weighted by molar-refractivity contribution is -0.116. The molecule has 2 heterocycles. The number of primary amides is 1. The van der Waals surface area contributed by atoms with E-state index in [1.807, 2.05) is 4.90 Å². The predicted octanol–water partition coefficient (Wildman–Crippen LogP) is 2.93. The number of fused-ring (bicyclic) bond motifs is 1. The Bertz CT molecular complexity index is 1470. The van der Waals surface area contributed by atoms with Crippen LogP contribution >= 0.6 is 0 Å². The molecule has 1 saturated heterocycles. The summed E-state index contributed by atoms with van der Waals surface area (Å²) in [7, 11) is 3.10. The van der Waals surface area contributed by atoms with E-state index in [0.29, 0.717) is 52.3 Å². The van der Waals surface area contributed by atoms with Gasteiger partial charge in [-0.15, -0.1) is 0 Å². The smallest absolute Gasteiger partial charge is 0.296 e. The Kier molecular flexibility index (Phi) is 7.55. The molecule has 3 aromatic rings. The number of hydrogen-bond donors (Lipinski definition) is 3. The molecule has 1 aliphatic heterocycles. The van der Waals surface area contributed by atoms with E-state index in [-0.39, 0.29) is 17.5 Å². The van der Waals surface area contributed by atoms with Crippen molar-refractivity contribution in [1.29, 1.82) is 0 Å². The number of amides is 2. The molecule has 4 rings (SSSR count). The average molecular weight is 503 g/mol. The van der Waals surface area contributed by atoms with Gasteiger partial charge in [0.1, 0.15) is 17.3 Å². The van der Waals surface area contributed by atoms with Crippen LogP contribution < -0.4 is 25.4 Å². The van der Waals surface area contributed by atoms with Gasteiger partial charge in [0.2, 0.25) is 0 Å². The molecule has 2 amide bonds. The summed E-state index contributed by atoms with van der Waals surface area (Å²) in [4.78, 5) is 29.0. The third-order valence-corrected chi connectivity index (χ3v) is 6.15. The minimum atomic E-state index is -0.753. The summed E-state index contributed by atoms with van der Waals surface area (Å²) >= 11 is 0. The van der Waals surface area contributed by atoms with Crippen LogP contribution in [0.1, 0.15) is 41.3 Å². The fourth-order valence-corrected chi connectivity index (χ4v) is 4.52. The first-order valence-corrected chi connectivity index (χ1v) is 11.7. The monoisotopic (exact) mass is 502 g/mol. The second-order valence-electron chi connectivity index (χ2n) is 8.56. The van der Waals surface area contributed by atoms with Gasteiger partial charge in [0.15, 0.2) is 0 Å². The molecule has 9 heteroatoms. The van der Waals surface area contributed by atoms with Crippen molar-refractivity contribution in [1.82, 2.24) is 10.3 Å². The van der Waals surface area contributed by atoms with Crippen LogP contribution in [-0.2, 0) is 4.79 Å². The third-order valence-electron chi connectivity index (χ3n) is 6.15. The van der Waals surface area contributed by atoms with Crippen LogP contribution in [0.4, 0.5) is 10.1 Å². The third kappa shape index (κ3) is 5.46. The quantitative estimate of drug-likeness (QED) is 0.465. The molecule has 0 saturated carbocycles. The first-order valence-electron chi connectivity index (χ1n) is 11.7. The number of ether oxygens (including phenoxy) is 2. The molecule has 1 atom stereocenters. The molecule has 0 aliphatic carbocycles. The molecule has 8 nitrogen and oxygen atoms in total. The zero-order valence-corrected chi connectivity index (χ0v) is 20.8. The van der Waals surface area contributed by atoms with E-state index in [1.165, 1.54) is 0 Å². The maximum Gasteiger partial charge on any atom is 0.296 e. The first kappa shape index (κ1) is 25.5.